The van der Waals surface area contributed by atoms with Crippen LogP contribution in [-0.2, 0) is 26.2 Å². The van der Waals surface area contributed by atoms with Gasteiger partial charge in [-0.15, -0.1) is 0 Å². The van der Waals surface area contributed by atoms with E-state index in [0.717, 1.165) is 20.6 Å². The van der Waals surface area contributed by atoms with E-state index in [1.807, 2.05) is 6.92 Å². The first-order valence-corrected chi connectivity index (χ1v) is 13.9. The zero-order chi connectivity index (χ0) is 24.8. The van der Waals surface area contributed by atoms with Crippen LogP contribution in [0.2, 0.25) is 10.0 Å². The third-order valence-electron chi connectivity index (χ3n) is 4.85. The number of hydrogen-bond donors (Lipinski definition) is 1. The van der Waals surface area contributed by atoms with Gasteiger partial charge in [-0.3, -0.25) is 13.9 Å². The van der Waals surface area contributed by atoms with Crippen LogP contribution in [0.4, 0.5) is 5.69 Å². The quantitative estimate of drug-likeness (QED) is 0.399. The van der Waals surface area contributed by atoms with Gasteiger partial charge in [-0.05, 0) is 77.9 Å². The molecule has 2 amide bonds. The molecular formula is C22H26Cl2IN3O4S. The number of carbonyl (C=O) groups excluding carboxylic acids is 2. The summed E-state index contributed by atoms with van der Waals surface area (Å²) in [6.45, 7) is 3.60. The number of nitrogens with zero attached hydrogens (tertiary/aromatic N) is 2. The van der Waals surface area contributed by atoms with Crippen LogP contribution in [-0.4, -0.2) is 50.5 Å². The summed E-state index contributed by atoms with van der Waals surface area (Å²) in [6, 6.07) is 10.9. The Hall–Kier alpha value is -1.56. The molecule has 0 spiro atoms. The topological polar surface area (TPSA) is 86.8 Å². The van der Waals surface area contributed by atoms with Gasteiger partial charge in [0.1, 0.15) is 12.6 Å². The maximum absolute atomic E-state index is 13.4. The van der Waals surface area contributed by atoms with E-state index in [0.29, 0.717) is 27.8 Å². The number of nitrogens with one attached hydrogen (secondary N) is 1. The van der Waals surface area contributed by atoms with Crippen LogP contribution in [0.5, 0.6) is 0 Å². The van der Waals surface area contributed by atoms with Crippen molar-refractivity contribution in [3.63, 3.8) is 0 Å². The van der Waals surface area contributed by atoms with E-state index < -0.39 is 28.5 Å². The van der Waals surface area contributed by atoms with Crippen molar-refractivity contribution in [1.82, 2.24) is 10.2 Å². The summed E-state index contributed by atoms with van der Waals surface area (Å²) in [5.41, 5.74) is 1.02. The fourth-order valence-corrected chi connectivity index (χ4v) is 4.56. The molecule has 1 N–H and O–H groups in total. The Morgan fingerprint density at radius 1 is 1.09 bits per heavy atom. The van der Waals surface area contributed by atoms with E-state index in [1.165, 1.54) is 4.90 Å². The van der Waals surface area contributed by atoms with Gasteiger partial charge < -0.3 is 10.2 Å². The Labute approximate surface area is 218 Å². The molecule has 0 heterocycles. The highest BCUT2D eigenvalue weighted by Crippen LogP contribution is 2.24. The van der Waals surface area contributed by atoms with E-state index in [-0.39, 0.29) is 12.5 Å². The first-order valence-electron chi connectivity index (χ1n) is 10.2. The largest absolute Gasteiger partial charge is 0.354 e. The minimum atomic E-state index is -3.76. The molecule has 0 bridgehead atoms. The molecule has 0 aliphatic carbocycles. The van der Waals surface area contributed by atoms with Gasteiger partial charge in [0.2, 0.25) is 21.8 Å². The van der Waals surface area contributed by atoms with Crippen molar-refractivity contribution in [2.45, 2.75) is 32.9 Å². The monoisotopic (exact) mass is 625 g/mol. The van der Waals surface area contributed by atoms with Crippen LogP contribution >= 0.6 is 45.8 Å². The van der Waals surface area contributed by atoms with Crippen molar-refractivity contribution < 1.29 is 18.0 Å². The molecule has 0 saturated heterocycles. The Morgan fingerprint density at radius 2 is 1.73 bits per heavy atom. The van der Waals surface area contributed by atoms with Gasteiger partial charge in [-0.2, -0.15) is 0 Å². The van der Waals surface area contributed by atoms with Gasteiger partial charge >= 0.3 is 0 Å². The van der Waals surface area contributed by atoms with Crippen molar-refractivity contribution >= 4 is 73.3 Å². The second-order valence-corrected chi connectivity index (χ2v) is 11.4. The fraction of sp³-hybridized carbons (Fsp3) is 0.364. The summed E-state index contributed by atoms with van der Waals surface area (Å²) in [4.78, 5) is 27.4. The van der Waals surface area contributed by atoms with Gasteiger partial charge in [-0.1, -0.05) is 36.2 Å². The van der Waals surface area contributed by atoms with Crippen LogP contribution in [0.15, 0.2) is 42.5 Å². The number of carbonyl (C=O) groups is 2. The Balaban J connectivity index is 2.38. The summed E-state index contributed by atoms with van der Waals surface area (Å²) in [6.07, 6.45) is 1.78. The van der Waals surface area contributed by atoms with Crippen LogP contribution in [0.1, 0.15) is 25.8 Å². The lowest BCUT2D eigenvalue weighted by molar-refractivity contribution is -0.139. The highest BCUT2D eigenvalue weighted by molar-refractivity contribution is 14.1. The average Bonchev–Trinajstić information content (AvgIpc) is 2.75. The highest BCUT2D eigenvalue weighted by Gasteiger charge is 2.30. The third kappa shape index (κ3) is 8.01. The summed E-state index contributed by atoms with van der Waals surface area (Å²) >= 11 is 14.2. The van der Waals surface area contributed by atoms with Gasteiger partial charge in [0.05, 0.1) is 22.0 Å². The van der Waals surface area contributed by atoms with E-state index in [9.17, 15) is 18.0 Å². The van der Waals surface area contributed by atoms with Gasteiger partial charge in [0, 0.05) is 16.7 Å². The van der Waals surface area contributed by atoms with Gasteiger partial charge in [0.15, 0.2) is 0 Å². The minimum absolute atomic E-state index is 0.0563. The summed E-state index contributed by atoms with van der Waals surface area (Å²) in [7, 11) is -3.76. The Kier molecular flexibility index (Phi) is 10.3. The molecule has 0 radical (unpaired) electrons. The predicted molar refractivity (Wildman–Crippen MR) is 141 cm³/mol. The SMILES string of the molecule is CCCNC(=O)C(C)N(Cc1ccc(Cl)c(Cl)c1)C(=O)CN(c1ccc(I)cc1)S(C)(=O)=O. The lowest BCUT2D eigenvalue weighted by Crippen LogP contribution is -2.51. The normalized spacial score (nSPS) is 12.2. The second-order valence-electron chi connectivity index (χ2n) is 7.48. The molecule has 2 rings (SSSR count). The molecule has 180 valence electrons. The molecule has 33 heavy (non-hydrogen) atoms. The van der Waals surface area contributed by atoms with E-state index in [1.54, 1.807) is 49.4 Å². The van der Waals surface area contributed by atoms with Crippen molar-refractivity contribution in [2.75, 3.05) is 23.7 Å². The van der Waals surface area contributed by atoms with Crippen LogP contribution in [0.3, 0.4) is 0 Å². The number of hydrogen-bond acceptors (Lipinski definition) is 4. The lowest BCUT2D eigenvalue weighted by atomic mass is 10.1. The smallest absolute Gasteiger partial charge is 0.244 e. The Morgan fingerprint density at radius 3 is 2.27 bits per heavy atom. The lowest BCUT2D eigenvalue weighted by Gasteiger charge is -2.31. The van der Waals surface area contributed by atoms with Crippen LogP contribution in [0.25, 0.3) is 0 Å². The molecule has 0 aliphatic heterocycles. The van der Waals surface area contributed by atoms with Crippen LogP contribution in [0, 0.1) is 3.57 Å². The summed E-state index contributed by atoms with van der Waals surface area (Å²) in [5, 5.41) is 3.47. The number of sulfonamides is 1. The molecule has 0 saturated carbocycles. The molecule has 11 heteroatoms. The number of benzene rings is 2. The number of rotatable bonds is 10. The molecule has 1 atom stereocenters. The highest BCUT2D eigenvalue weighted by atomic mass is 127. The maximum Gasteiger partial charge on any atom is 0.244 e. The molecule has 0 aromatic heterocycles. The standard InChI is InChI=1S/C22H26Cl2IN3O4S/c1-4-11-26-22(30)15(2)27(13-16-5-10-19(23)20(24)12-16)21(29)14-28(33(3,31)32)18-8-6-17(25)7-9-18/h5-10,12,15H,4,11,13-14H2,1-3H3,(H,26,30). The molecule has 2 aromatic carbocycles. The van der Waals surface area contributed by atoms with E-state index in [4.69, 9.17) is 23.2 Å². The van der Waals surface area contributed by atoms with E-state index >= 15 is 0 Å². The van der Waals surface area contributed by atoms with Gasteiger partial charge in [-0.25, -0.2) is 8.42 Å². The number of halogens is 3. The molecule has 7 nitrogen and oxygen atoms in total. The fourth-order valence-electron chi connectivity index (χ4n) is 3.03. The third-order valence-corrected chi connectivity index (χ3v) is 7.45. The van der Waals surface area contributed by atoms with Crippen molar-refractivity contribution in [3.8, 4) is 0 Å². The first kappa shape index (κ1) is 27.7. The second kappa shape index (κ2) is 12.2. The predicted octanol–water partition coefficient (Wildman–Crippen LogP) is 4.31. The molecule has 1 unspecified atom stereocenters. The average molecular weight is 626 g/mol. The van der Waals surface area contributed by atoms with Crippen molar-refractivity contribution in [3.05, 3.63) is 61.6 Å². The minimum Gasteiger partial charge on any atom is -0.354 e. The first-order chi connectivity index (χ1) is 15.4. The van der Waals surface area contributed by atoms with Crippen molar-refractivity contribution in [2.24, 2.45) is 0 Å². The number of anilines is 1. The van der Waals surface area contributed by atoms with Crippen LogP contribution < -0.4 is 9.62 Å². The van der Waals surface area contributed by atoms with Crippen molar-refractivity contribution in [1.29, 1.82) is 0 Å². The van der Waals surface area contributed by atoms with Gasteiger partial charge in [0.25, 0.3) is 0 Å². The zero-order valence-corrected chi connectivity index (χ0v) is 23.0. The zero-order valence-electron chi connectivity index (χ0n) is 18.5. The summed E-state index contributed by atoms with van der Waals surface area (Å²) in [5.74, 6) is -0.852. The van der Waals surface area contributed by atoms with E-state index in [2.05, 4.69) is 27.9 Å². The summed E-state index contributed by atoms with van der Waals surface area (Å²) < 4.78 is 27.0. The molecular weight excluding hydrogens is 600 g/mol. The molecule has 0 aliphatic rings. The Bertz CT molecular complexity index is 1100. The number of amides is 2. The maximum atomic E-state index is 13.4. The molecule has 0 fully saturated rings. The molecule has 2 aromatic rings.